The van der Waals surface area contributed by atoms with Crippen LogP contribution in [0.3, 0.4) is 0 Å². The molecule has 142 valence electrons. The summed E-state index contributed by atoms with van der Waals surface area (Å²) in [5, 5.41) is 11.9. The minimum absolute atomic E-state index is 0.0945. The molecule has 0 saturated carbocycles. The SMILES string of the molecule is CC(=O)C1=C(O)C(=O)N(CCc2c[nH]c3ccccc23)[C@@H]1c1ccccc1Cl. The summed E-state index contributed by atoms with van der Waals surface area (Å²) in [4.78, 5) is 29.7. The monoisotopic (exact) mass is 394 g/mol. The number of fused-ring (bicyclic) bond motifs is 1. The summed E-state index contributed by atoms with van der Waals surface area (Å²) in [6.45, 7) is 1.70. The minimum Gasteiger partial charge on any atom is -0.503 e. The number of aliphatic hydroxyl groups is 1. The fourth-order valence-corrected chi connectivity index (χ4v) is 4.08. The number of H-pyrrole nitrogens is 1. The van der Waals surface area contributed by atoms with Crippen LogP contribution in [0.4, 0.5) is 0 Å². The second-order valence-corrected chi connectivity index (χ2v) is 7.26. The smallest absolute Gasteiger partial charge is 0.290 e. The molecule has 0 unspecified atom stereocenters. The lowest BCUT2D eigenvalue weighted by molar-refractivity contribution is -0.129. The van der Waals surface area contributed by atoms with Crippen molar-refractivity contribution in [1.82, 2.24) is 9.88 Å². The lowest BCUT2D eigenvalue weighted by Gasteiger charge is -2.27. The Labute approximate surface area is 167 Å². The molecule has 28 heavy (non-hydrogen) atoms. The highest BCUT2D eigenvalue weighted by atomic mass is 35.5. The van der Waals surface area contributed by atoms with E-state index in [0.29, 0.717) is 23.6 Å². The predicted molar refractivity (Wildman–Crippen MR) is 108 cm³/mol. The van der Waals surface area contributed by atoms with Gasteiger partial charge < -0.3 is 15.0 Å². The summed E-state index contributed by atoms with van der Waals surface area (Å²) >= 11 is 6.35. The van der Waals surface area contributed by atoms with Gasteiger partial charge in [-0.05, 0) is 36.6 Å². The van der Waals surface area contributed by atoms with Crippen LogP contribution in [-0.4, -0.2) is 33.2 Å². The number of para-hydroxylation sites is 1. The molecular formula is C22H19ClN2O3. The Balaban J connectivity index is 1.69. The van der Waals surface area contributed by atoms with Crippen LogP contribution in [0.25, 0.3) is 10.9 Å². The number of aliphatic hydroxyl groups excluding tert-OH is 1. The van der Waals surface area contributed by atoms with Gasteiger partial charge in [-0.2, -0.15) is 0 Å². The molecule has 0 bridgehead atoms. The molecule has 0 aliphatic carbocycles. The zero-order valence-electron chi connectivity index (χ0n) is 15.3. The van der Waals surface area contributed by atoms with Gasteiger partial charge >= 0.3 is 0 Å². The number of aromatic amines is 1. The van der Waals surface area contributed by atoms with E-state index in [4.69, 9.17) is 11.6 Å². The average molecular weight is 395 g/mol. The number of rotatable bonds is 5. The Kier molecular flexibility index (Phi) is 4.69. The highest BCUT2D eigenvalue weighted by Crippen LogP contribution is 2.40. The van der Waals surface area contributed by atoms with E-state index in [9.17, 15) is 14.7 Å². The molecule has 0 radical (unpaired) electrons. The lowest BCUT2D eigenvalue weighted by Crippen LogP contribution is -2.33. The normalized spacial score (nSPS) is 17.0. The van der Waals surface area contributed by atoms with Gasteiger partial charge in [0.2, 0.25) is 0 Å². The lowest BCUT2D eigenvalue weighted by atomic mass is 9.96. The Hall–Kier alpha value is -3.05. The Morgan fingerprint density at radius 1 is 1.18 bits per heavy atom. The first kappa shape index (κ1) is 18.3. The summed E-state index contributed by atoms with van der Waals surface area (Å²) in [5.74, 6) is -1.38. The van der Waals surface area contributed by atoms with Crippen LogP contribution in [0.1, 0.15) is 24.1 Å². The zero-order chi connectivity index (χ0) is 19.8. The number of aromatic nitrogens is 1. The number of hydrogen-bond acceptors (Lipinski definition) is 3. The first-order valence-corrected chi connectivity index (χ1v) is 9.41. The maximum atomic E-state index is 12.8. The average Bonchev–Trinajstić information content (AvgIpc) is 3.20. The van der Waals surface area contributed by atoms with Crippen molar-refractivity contribution in [3.8, 4) is 0 Å². The number of hydrogen-bond donors (Lipinski definition) is 2. The maximum absolute atomic E-state index is 12.8. The summed E-state index contributed by atoms with van der Waals surface area (Å²) < 4.78 is 0. The van der Waals surface area contributed by atoms with Crippen molar-refractivity contribution >= 4 is 34.2 Å². The van der Waals surface area contributed by atoms with Crippen LogP contribution >= 0.6 is 11.6 Å². The summed E-state index contributed by atoms with van der Waals surface area (Å²) in [5.41, 5.74) is 2.82. The number of Topliss-reactive ketones (excluding diaryl/α,β-unsaturated/α-hetero) is 1. The predicted octanol–water partition coefficient (Wildman–Crippen LogP) is 4.35. The fourth-order valence-electron chi connectivity index (χ4n) is 3.84. The van der Waals surface area contributed by atoms with Crippen molar-refractivity contribution in [1.29, 1.82) is 0 Å². The van der Waals surface area contributed by atoms with Crippen LogP contribution in [0.2, 0.25) is 5.02 Å². The van der Waals surface area contributed by atoms with E-state index in [2.05, 4.69) is 4.98 Å². The number of amides is 1. The summed E-state index contributed by atoms with van der Waals surface area (Å²) in [6, 6.07) is 14.3. The third kappa shape index (κ3) is 2.98. The Morgan fingerprint density at radius 3 is 2.64 bits per heavy atom. The molecule has 1 aliphatic rings. The van der Waals surface area contributed by atoms with Gasteiger partial charge in [0.1, 0.15) is 0 Å². The van der Waals surface area contributed by atoms with Crippen LogP contribution in [0.15, 0.2) is 66.1 Å². The fraction of sp³-hybridized carbons (Fsp3) is 0.182. The number of nitrogens with zero attached hydrogens (tertiary/aromatic N) is 1. The molecule has 0 fully saturated rings. The molecule has 2 N–H and O–H groups in total. The van der Waals surface area contributed by atoms with Crippen molar-refractivity contribution < 1.29 is 14.7 Å². The first-order chi connectivity index (χ1) is 13.5. The molecule has 0 saturated heterocycles. The molecule has 2 aromatic carbocycles. The third-order valence-corrected chi connectivity index (χ3v) is 5.52. The number of benzene rings is 2. The van der Waals surface area contributed by atoms with Crippen LogP contribution < -0.4 is 0 Å². The second kappa shape index (κ2) is 7.17. The molecule has 1 aliphatic heterocycles. The molecule has 0 spiro atoms. The topological polar surface area (TPSA) is 73.4 Å². The maximum Gasteiger partial charge on any atom is 0.290 e. The third-order valence-electron chi connectivity index (χ3n) is 5.18. The van der Waals surface area contributed by atoms with E-state index in [0.717, 1.165) is 16.5 Å². The molecule has 3 aromatic rings. The van der Waals surface area contributed by atoms with Gasteiger partial charge in [0, 0.05) is 28.7 Å². The summed E-state index contributed by atoms with van der Waals surface area (Å²) in [7, 11) is 0. The molecule has 2 heterocycles. The molecule has 1 amide bonds. The van der Waals surface area contributed by atoms with Gasteiger partial charge in [-0.3, -0.25) is 9.59 Å². The van der Waals surface area contributed by atoms with Crippen molar-refractivity contribution in [2.75, 3.05) is 6.54 Å². The number of nitrogens with one attached hydrogen (secondary N) is 1. The standard InChI is InChI=1S/C22H19ClN2O3/c1-13(26)19-20(16-7-2-4-8-17(16)23)25(22(28)21(19)27)11-10-14-12-24-18-9-5-3-6-15(14)18/h2-9,12,20,24,27H,10-11H2,1H3/t20-/m1/s1. The number of ketones is 1. The molecule has 6 heteroatoms. The molecule has 5 nitrogen and oxygen atoms in total. The number of carbonyl (C=O) groups is 2. The zero-order valence-corrected chi connectivity index (χ0v) is 16.0. The van der Waals surface area contributed by atoms with Crippen LogP contribution in [-0.2, 0) is 16.0 Å². The highest BCUT2D eigenvalue weighted by Gasteiger charge is 2.42. The van der Waals surface area contributed by atoms with Crippen molar-refractivity contribution in [3.05, 3.63) is 82.2 Å². The van der Waals surface area contributed by atoms with Gasteiger partial charge in [-0.15, -0.1) is 0 Å². The van der Waals surface area contributed by atoms with Crippen molar-refractivity contribution in [3.63, 3.8) is 0 Å². The van der Waals surface area contributed by atoms with Crippen molar-refractivity contribution in [2.45, 2.75) is 19.4 Å². The van der Waals surface area contributed by atoms with Gasteiger partial charge in [-0.25, -0.2) is 0 Å². The van der Waals surface area contributed by atoms with E-state index in [1.165, 1.54) is 11.8 Å². The van der Waals surface area contributed by atoms with Gasteiger partial charge in [-0.1, -0.05) is 48.0 Å². The van der Waals surface area contributed by atoms with E-state index >= 15 is 0 Å². The largest absolute Gasteiger partial charge is 0.503 e. The Morgan fingerprint density at radius 2 is 1.89 bits per heavy atom. The van der Waals surface area contributed by atoms with Gasteiger partial charge in [0.25, 0.3) is 5.91 Å². The van der Waals surface area contributed by atoms with E-state index in [-0.39, 0.29) is 11.4 Å². The van der Waals surface area contributed by atoms with Gasteiger partial charge in [0.05, 0.1) is 11.6 Å². The summed E-state index contributed by atoms with van der Waals surface area (Å²) in [6.07, 6.45) is 2.50. The molecule has 1 atom stereocenters. The second-order valence-electron chi connectivity index (χ2n) is 6.85. The molecule has 4 rings (SSSR count). The minimum atomic E-state index is -0.691. The number of carbonyl (C=O) groups excluding carboxylic acids is 2. The van der Waals surface area contributed by atoms with Crippen LogP contribution in [0.5, 0.6) is 0 Å². The first-order valence-electron chi connectivity index (χ1n) is 9.03. The van der Waals surface area contributed by atoms with E-state index in [1.807, 2.05) is 30.5 Å². The number of halogens is 1. The Bertz CT molecular complexity index is 1120. The highest BCUT2D eigenvalue weighted by molar-refractivity contribution is 6.31. The van der Waals surface area contributed by atoms with Gasteiger partial charge in [0.15, 0.2) is 11.5 Å². The quantitative estimate of drug-likeness (QED) is 0.675. The van der Waals surface area contributed by atoms with E-state index in [1.54, 1.807) is 24.3 Å². The molecule has 1 aromatic heterocycles. The van der Waals surface area contributed by atoms with Crippen molar-refractivity contribution in [2.24, 2.45) is 0 Å². The van der Waals surface area contributed by atoms with Crippen LogP contribution in [0, 0.1) is 0 Å². The molecular weight excluding hydrogens is 376 g/mol. The van der Waals surface area contributed by atoms with E-state index < -0.39 is 17.7 Å².